The maximum atomic E-state index is 12.0. The molecule has 1 aromatic carbocycles. The standard InChI is InChI=1S/C18H21N3O4/c1-18(2,3)25-17(23)19-16-11-13(20-21(16)8-9-22)15-10-12-6-4-5-7-14(12)24-15/h4-7,10-11,22H,8-9H2,1-3H3,(H,19,23). The van der Waals surface area contributed by atoms with E-state index in [9.17, 15) is 9.90 Å². The largest absolute Gasteiger partial charge is 0.454 e. The van der Waals surface area contributed by atoms with Crippen LogP contribution in [0.15, 0.2) is 40.8 Å². The summed E-state index contributed by atoms with van der Waals surface area (Å²) in [4.78, 5) is 12.0. The van der Waals surface area contributed by atoms with Crippen molar-refractivity contribution in [2.45, 2.75) is 32.9 Å². The van der Waals surface area contributed by atoms with Crippen LogP contribution in [0.4, 0.5) is 10.6 Å². The summed E-state index contributed by atoms with van der Waals surface area (Å²) in [6.07, 6.45) is -0.581. The number of ether oxygens (including phenoxy) is 1. The Morgan fingerprint density at radius 1 is 1.32 bits per heavy atom. The van der Waals surface area contributed by atoms with Crippen LogP contribution in [0.2, 0.25) is 0 Å². The lowest BCUT2D eigenvalue weighted by Gasteiger charge is -2.19. The van der Waals surface area contributed by atoms with Crippen LogP contribution in [0.3, 0.4) is 0 Å². The second-order valence-corrected chi connectivity index (χ2v) is 6.64. The highest BCUT2D eigenvalue weighted by atomic mass is 16.6. The Hall–Kier alpha value is -2.80. The molecule has 2 N–H and O–H groups in total. The third-order valence-corrected chi connectivity index (χ3v) is 3.40. The summed E-state index contributed by atoms with van der Waals surface area (Å²) in [6, 6.07) is 11.2. The summed E-state index contributed by atoms with van der Waals surface area (Å²) in [5.74, 6) is 1.02. The predicted octanol–water partition coefficient (Wildman–Crippen LogP) is 3.64. The van der Waals surface area contributed by atoms with Gasteiger partial charge in [-0.3, -0.25) is 5.32 Å². The number of carbonyl (C=O) groups is 1. The number of aliphatic hydroxyl groups is 1. The van der Waals surface area contributed by atoms with Crippen molar-refractivity contribution < 1.29 is 19.1 Å². The molecule has 0 unspecified atom stereocenters. The van der Waals surface area contributed by atoms with E-state index in [2.05, 4.69) is 10.4 Å². The van der Waals surface area contributed by atoms with Gasteiger partial charge in [0.1, 0.15) is 22.7 Å². The highest BCUT2D eigenvalue weighted by Crippen LogP contribution is 2.28. The summed E-state index contributed by atoms with van der Waals surface area (Å²) in [5, 5.41) is 17.3. The second-order valence-electron chi connectivity index (χ2n) is 6.64. The topological polar surface area (TPSA) is 89.5 Å². The van der Waals surface area contributed by atoms with Gasteiger partial charge in [0.05, 0.1) is 13.2 Å². The van der Waals surface area contributed by atoms with E-state index in [-0.39, 0.29) is 13.2 Å². The fourth-order valence-corrected chi connectivity index (χ4v) is 2.42. The molecule has 0 radical (unpaired) electrons. The first-order valence-electron chi connectivity index (χ1n) is 8.03. The van der Waals surface area contributed by atoms with E-state index in [1.807, 2.05) is 30.3 Å². The molecule has 0 saturated heterocycles. The molecular formula is C18H21N3O4. The van der Waals surface area contributed by atoms with Crippen LogP contribution in [0.1, 0.15) is 20.8 Å². The molecule has 7 heteroatoms. The zero-order chi connectivity index (χ0) is 18.0. The predicted molar refractivity (Wildman–Crippen MR) is 94.4 cm³/mol. The molecule has 0 atom stereocenters. The molecule has 2 aromatic heterocycles. The van der Waals surface area contributed by atoms with Gasteiger partial charge < -0.3 is 14.3 Å². The minimum Gasteiger partial charge on any atom is -0.454 e. The molecule has 25 heavy (non-hydrogen) atoms. The Labute approximate surface area is 145 Å². The number of anilines is 1. The first-order valence-corrected chi connectivity index (χ1v) is 8.03. The molecule has 2 heterocycles. The van der Waals surface area contributed by atoms with Crippen molar-refractivity contribution in [1.29, 1.82) is 0 Å². The molecule has 1 amide bonds. The van der Waals surface area contributed by atoms with Crippen molar-refractivity contribution in [2.24, 2.45) is 0 Å². The number of carbonyl (C=O) groups excluding carboxylic acids is 1. The molecule has 3 aromatic rings. The van der Waals surface area contributed by atoms with Crippen LogP contribution in [0.25, 0.3) is 22.4 Å². The molecule has 0 spiro atoms. The van der Waals surface area contributed by atoms with Crippen LogP contribution in [0.5, 0.6) is 0 Å². The molecule has 0 aliphatic rings. The number of amides is 1. The number of furan rings is 1. The van der Waals surface area contributed by atoms with Gasteiger partial charge in [0, 0.05) is 11.5 Å². The molecule has 3 rings (SSSR count). The Morgan fingerprint density at radius 3 is 2.76 bits per heavy atom. The lowest BCUT2D eigenvalue weighted by Crippen LogP contribution is -2.28. The van der Waals surface area contributed by atoms with Crippen molar-refractivity contribution in [1.82, 2.24) is 9.78 Å². The maximum absolute atomic E-state index is 12.0. The summed E-state index contributed by atoms with van der Waals surface area (Å²) < 4.78 is 12.6. The Morgan fingerprint density at radius 2 is 2.08 bits per heavy atom. The number of nitrogens with zero attached hydrogens (tertiary/aromatic N) is 2. The van der Waals surface area contributed by atoms with E-state index in [0.717, 1.165) is 11.0 Å². The average molecular weight is 343 g/mol. The van der Waals surface area contributed by atoms with Crippen molar-refractivity contribution in [3.8, 4) is 11.5 Å². The third-order valence-electron chi connectivity index (χ3n) is 3.40. The molecule has 132 valence electrons. The highest BCUT2D eigenvalue weighted by molar-refractivity contribution is 5.86. The van der Waals surface area contributed by atoms with E-state index in [0.29, 0.717) is 17.3 Å². The quantitative estimate of drug-likeness (QED) is 0.755. The van der Waals surface area contributed by atoms with Gasteiger partial charge in [0.15, 0.2) is 5.76 Å². The summed E-state index contributed by atoms with van der Waals surface area (Å²) in [6.45, 7) is 5.50. The van der Waals surface area contributed by atoms with Crippen LogP contribution >= 0.6 is 0 Å². The monoisotopic (exact) mass is 343 g/mol. The van der Waals surface area contributed by atoms with E-state index < -0.39 is 11.7 Å². The van der Waals surface area contributed by atoms with Crippen molar-refractivity contribution in [2.75, 3.05) is 11.9 Å². The van der Waals surface area contributed by atoms with Crippen molar-refractivity contribution >= 4 is 22.9 Å². The minimum atomic E-state index is -0.604. The summed E-state index contributed by atoms with van der Waals surface area (Å²) >= 11 is 0. The summed E-state index contributed by atoms with van der Waals surface area (Å²) in [7, 11) is 0. The first kappa shape index (κ1) is 17.0. The van der Waals surface area contributed by atoms with Crippen molar-refractivity contribution in [3.63, 3.8) is 0 Å². The van der Waals surface area contributed by atoms with Gasteiger partial charge in [-0.25, -0.2) is 9.48 Å². The molecule has 0 aliphatic carbocycles. The molecule has 0 fully saturated rings. The number of hydrogen-bond acceptors (Lipinski definition) is 5. The number of fused-ring (bicyclic) bond motifs is 1. The van der Waals surface area contributed by atoms with E-state index in [4.69, 9.17) is 9.15 Å². The smallest absolute Gasteiger partial charge is 0.413 e. The van der Waals surface area contributed by atoms with E-state index >= 15 is 0 Å². The second kappa shape index (κ2) is 6.60. The number of aromatic nitrogens is 2. The third kappa shape index (κ3) is 4.00. The lowest BCUT2D eigenvalue weighted by molar-refractivity contribution is 0.0634. The fraction of sp³-hybridized carbons (Fsp3) is 0.333. The molecule has 0 bridgehead atoms. The lowest BCUT2D eigenvalue weighted by atomic mass is 10.2. The normalized spacial score (nSPS) is 11.7. The van der Waals surface area contributed by atoms with Gasteiger partial charge in [-0.05, 0) is 32.9 Å². The fourth-order valence-electron chi connectivity index (χ4n) is 2.42. The van der Waals surface area contributed by atoms with E-state index in [1.54, 1.807) is 26.8 Å². The molecule has 0 aliphatic heterocycles. The first-order chi connectivity index (χ1) is 11.9. The zero-order valence-corrected chi connectivity index (χ0v) is 14.4. The number of rotatable bonds is 4. The van der Waals surface area contributed by atoms with Gasteiger partial charge in [0.25, 0.3) is 0 Å². The molecule has 7 nitrogen and oxygen atoms in total. The van der Waals surface area contributed by atoms with Gasteiger partial charge in [0.2, 0.25) is 0 Å². The number of hydrogen-bond donors (Lipinski definition) is 2. The van der Waals surface area contributed by atoms with E-state index in [1.165, 1.54) is 4.68 Å². The van der Waals surface area contributed by atoms with Gasteiger partial charge in [-0.15, -0.1) is 0 Å². The Balaban J connectivity index is 1.90. The average Bonchev–Trinajstić information content (AvgIpc) is 3.10. The van der Waals surface area contributed by atoms with Crippen LogP contribution in [-0.4, -0.2) is 33.2 Å². The Bertz CT molecular complexity index is 856. The number of benzene rings is 1. The number of para-hydroxylation sites is 1. The SMILES string of the molecule is CC(C)(C)OC(=O)Nc1cc(-c2cc3ccccc3o2)nn1CCO. The number of nitrogens with one attached hydrogen (secondary N) is 1. The minimum absolute atomic E-state index is 0.107. The highest BCUT2D eigenvalue weighted by Gasteiger charge is 2.19. The summed E-state index contributed by atoms with van der Waals surface area (Å²) in [5.41, 5.74) is 0.722. The maximum Gasteiger partial charge on any atom is 0.413 e. The van der Waals surface area contributed by atoms with Crippen LogP contribution in [-0.2, 0) is 11.3 Å². The number of aliphatic hydroxyl groups excluding tert-OH is 1. The zero-order valence-electron chi connectivity index (χ0n) is 14.4. The van der Waals surface area contributed by atoms with Crippen LogP contribution in [0, 0.1) is 0 Å². The van der Waals surface area contributed by atoms with Crippen molar-refractivity contribution in [3.05, 3.63) is 36.4 Å². The Kier molecular flexibility index (Phi) is 4.50. The van der Waals surface area contributed by atoms with Gasteiger partial charge >= 0.3 is 6.09 Å². The molecule has 0 saturated carbocycles. The van der Waals surface area contributed by atoms with Gasteiger partial charge in [-0.2, -0.15) is 5.10 Å². The van der Waals surface area contributed by atoms with Crippen LogP contribution < -0.4 is 5.32 Å². The molecular weight excluding hydrogens is 322 g/mol. The van der Waals surface area contributed by atoms with Gasteiger partial charge in [-0.1, -0.05) is 18.2 Å².